The molecule has 7 heteroatoms. The van der Waals surface area contributed by atoms with Gasteiger partial charge >= 0.3 is 0 Å². The Morgan fingerprint density at radius 2 is 1.76 bits per heavy atom. The maximum atomic E-state index is 13.5. The summed E-state index contributed by atoms with van der Waals surface area (Å²) in [4.78, 5) is 32.7. The van der Waals surface area contributed by atoms with Gasteiger partial charge in [-0.1, -0.05) is 80.8 Å². The van der Waals surface area contributed by atoms with Gasteiger partial charge in [-0.2, -0.15) is 0 Å². The molecule has 2 aromatic carbocycles. The van der Waals surface area contributed by atoms with Crippen LogP contribution in [0.2, 0.25) is 5.02 Å². The highest BCUT2D eigenvalue weighted by molar-refractivity contribution is 6.33. The average molecular weight is 540 g/mol. The smallest absolute Gasteiger partial charge is 0.255 e. The number of hydrogen-bond acceptors (Lipinski definition) is 4. The number of benzene rings is 2. The third-order valence-electron chi connectivity index (χ3n) is 7.27. The van der Waals surface area contributed by atoms with Gasteiger partial charge in [0, 0.05) is 57.3 Å². The van der Waals surface area contributed by atoms with E-state index in [0.717, 1.165) is 69.7 Å². The van der Waals surface area contributed by atoms with Crippen LogP contribution in [0.3, 0.4) is 0 Å². The number of nitrogens with zero attached hydrogens (tertiary/aromatic N) is 3. The van der Waals surface area contributed by atoms with Crippen LogP contribution in [0.25, 0.3) is 6.08 Å². The number of amides is 2. The van der Waals surface area contributed by atoms with Crippen LogP contribution in [0, 0.1) is 5.92 Å². The number of hydrogen-bond donors (Lipinski definition) is 0. The van der Waals surface area contributed by atoms with Crippen molar-refractivity contribution in [1.82, 2.24) is 14.7 Å². The summed E-state index contributed by atoms with van der Waals surface area (Å²) in [6, 6.07) is 15.0. The maximum Gasteiger partial charge on any atom is 0.255 e. The van der Waals surface area contributed by atoms with E-state index in [-0.39, 0.29) is 11.8 Å². The number of ether oxygens (including phenoxy) is 1. The Morgan fingerprint density at radius 1 is 1.05 bits per heavy atom. The third kappa shape index (κ3) is 8.34. The number of para-hydroxylation sites is 1. The van der Waals surface area contributed by atoms with Gasteiger partial charge in [-0.05, 0) is 31.0 Å². The molecule has 6 nitrogen and oxygen atoms in total. The van der Waals surface area contributed by atoms with Crippen molar-refractivity contribution < 1.29 is 14.3 Å². The molecule has 1 unspecified atom stereocenters. The van der Waals surface area contributed by atoms with Crippen molar-refractivity contribution in [1.29, 1.82) is 0 Å². The molecular formula is C31H42ClN3O3. The first kappa shape index (κ1) is 29.7. The van der Waals surface area contributed by atoms with Gasteiger partial charge in [0.25, 0.3) is 5.91 Å². The van der Waals surface area contributed by atoms with E-state index in [1.54, 1.807) is 19.2 Å². The lowest BCUT2D eigenvalue weighted by Crippen LogP contribution is -2.52. The zero-order valence-corrected chi connectivity index (χ0v) is 23.8. The highest BCUT2D eigenvalue weighted by Gasteiger charge is 2.26. The van der Waals surface area contributed by atoms with E-state index in [1.807, 2.05) is 58.4 Å². The topological polar surface area (TPSA) is 53.1 Å². The maximum absolute atomic E-state index is 13.5. The molecule has 1 atom stereocenters. The van der Waals surface area contributed by atoms with E-state index in [4.69, 9.17) is 16.3 Å². The Kier molecular flexibility index (Phi) is 12.2. The zero-order valence-electron chi connectivity index (χ0n) is 23.1. The van der Waals surface area contributed by atoms with Crippen LogP contribution in [0.15, 0.2) is 54.6 Å². The molecule has 206 valence electrons. The molecule has 0 aromatic heterocycles. The first-order valence-corrected chi connectivity index (χ1v) is 14.2. The van der Waals surface area contributed by atoms with Gasteiger partial charge in [-0.15, -0.1) is 0 Å². The fourth-order valence-electron chi connectivity index (χ4n) is 4.86. The first-order valence-electron chi connectivity index (χ1n) is 13.8. The summed E-state index contributed by atoms with van der Waals surface area (Å²) in [7, 11) is 1.65. The van der Waals surface area contributed by atoms with Crippen molar-refractivity contribution in [3.8, 4) is 5.75 Å². The lowest BCUT2D eigenvalue weighted by atomic mass is 9.97. The summed E-state index contributed by atoms with van der Waals surface area (Å²) in [5.41, 5.74) is 1.47. The van der Waals surface area contributed by atoms with Crippen molar-refractivity contribution >= 4 is 29.5 Å². The van der Waals surface area contributed by atoms with Crippen LogP contribution in [0.4, 0.5) is 0 Å². The SMILES string of the molecule is CCCCC(CC)C(=O)N1CCN(CCN(C/C=C/c2ccccc2OC)C(=O)c2ccccc2Cl)CC1. The number of halogens is 1. The Hall–Kier alpha value is -2.83. The molecule has 0 aliphatic carbocycles. The van der Waals surface area contributed by atoms with Crippen LogP contribution in [-0.2, 0) is 4.79 Å². The summed E-state index contributed by atoms with van der Waals surface area (Å²) in [5.74, 6) is 1.15. The van der Waals surface area contributed by atoms with Crippen LogP contribution < -0.4 is 4.74 Å². The van der Waals surface area contributed by atoms with E-state index >= 15 is 0 Å². The average Bonchev–Trinajstić information content (AvgIpc) is 2.95. The normalized spacial score (nSPS) is 15.0. The van der Waals surface area contributed by atoms with Crippen LogP contribution in [-0.4, -0.2) is 79.4 Å². The standard InChI is InChI=1S/C31H42ClN3O3/c1-4-6-12-25(5-2)30(36)35-23-20-33(21-24-35)19-22-34(31(37)27-15-8-9-16-28(27)32)18-11-14-26-13-7-10-17-29(26)38-3/h7-11,13-17,25H,4-6,12,18-24H2,1-3H3/b14-11+. The second-order valence-corrected chi connectivity index (χ2v) is 10.2. The molecule has 0 radical (unpaired) electrons. The van der Waals surface area contributed by atoms with Crippen LogP contribution >= 0.6 is 11.6 Å². The van der Waals surface area contributed by atoms with Gasteiger partial charge in [0.05, 0.1) is 17.7 Å². The monoisotopic (exact) mass is 539 g/mol. The van der Waals surface area contributed by atoms with Crippen molar-refractivity contribution in [2.24, 2.45) is 5.92 Å². The van der Waals surface area contributed by atoms with Gasteiger partial charge in [0.2, 0.25) is 5.91 Å². The van der Waals surface area contributed by atoms with Gasteiger partial charge in [0.15, 0.2) is 0 Å². The number of piperazine rings is 1. The lowest BCUT2D eigenvalue weighted by molar-refractivity contribution is -0.137. The second-order valence-electron chi connectivity index (χ2n) is 9.79. The summed E-state index contributed by atoms with van der Waals surface area (Å²) in [6.07, 6.45) is 8.08. The summed E-state index contributed by atoms with van der Waals surface area (Å²) >= 11 is 6.37. The van der Waals surface area contributed by atoms with E-state index in [2.05, 4.69) is 18.7 Å². The molecule has 3 rings (SSSR count). The van der Waals surface area contributed by atoms with Crippen molar-refractivity contribution in [3.05, 3.63) is 70.8 Å². The van der Waals surface area contributed by atoms with Gasteiger partial charge in [-0.3, -0.25) is 14.5 Å². The molecular weight excluding hydrogens is 498 g/mol. The predicted octanol–water partition coefficient (Wildman–Crippen LogP) is 5.86. The Balaban J connectivity index is 1.62. The predicted molar refractivity (Wildman–Crippen MR) is 156 cm³/mol. The molecule has 1 saturated heterocycles. The van der Waals surface area contributed by atoms with E-state index in [9.17, 15) is 9.59 Å². The van der Waals surface area contributed by atoms with E-state index in [1.165, 1.54) is 0 Å². The fourth-order valence-corrected chi connectivity index (χ4v) is 5.07. The number of rotatable bonds is 13. The highest BCUT2D eigenvalue weighted by Crippen LogP contribution is 2.21. The Morgan fingerprint density at radius 3 is 2.45 bits per heavy atom. The molecule has 2 amide bonds. The molecule has 0 bridgehead atoms. The van der Waals surface area contributed by atoms with Crippen LogP contribution in [0.5, 0.6) is 5.75 Å². The molecule has 38 heavy (non-hydrogen) atoms. The van der Waals surface area contributed by atoms with Crippen molar-refractivity contribution in [2.75, 3.05) is 52.9 Å². The highest BCUT2D eigenvalue weighted by atomic mass is 35.5. The van der Waals surface area contributed by atoms with Crippen molar-refractivity contribution in [3.63, 3.8) is 0 Å². The minimum atomic E-state index is -0.0872. The summed E-state index contributed by atoms with van der Waals surface area (Å²) in [6.45, 7) is 9.18. The quantitative estimate of drug-likeness (QED) is 0.320. The number of carbonyl (C=O) groups is 2. The van der Waals surface area contributed by atoms with Gasteiger partial charge in [0.1, 0.15) is 5.75 Å². The molecule has 0 spiro atoms. The Labute approximate surface area is 233 Å². The van der Waals surface area contributed by atoms with Crippen molar-refractivity contribution in [2.45, 2.75) is 39.5 Å². The first-order chi connectivity index (χ1) is 18.5. The minimum Gasteiger partial charge on any atom is -0.496 e. The van der Waals surface area contributed by atoms with Gasteiger partial charge < -0.3 is 14.5 Å². The molecule has 2 aromatic rings. The Bertz CT molecular complexity index is 1070. The lowest BCUT2D eigenvalue weighted by Gasteiger charge is -2.37. The van der Waals surface area contributed by atoms with E-state index < -0.39 is 0 Å². The zero-order chi connectivity index (χ0) is 27.3. The number of unbranched alkanes of at least 4 members (excludes halogenated alkanes) is 1. The molecule has 0 saturated carbocycles. The summed E-state index contributed by atoms with van der Waals surface area (Å²) in [5, 5.41) is 0.455. The molecule has 0 N–H and O–H groups in total. The number of carbonyl (C=O) groups excluding carboxylic acids is 2. The largest absolute Gasteiger partial charge is 0.496 e. The van der Waals surface area contributed by atoms with Crippen LogP contribution in [0.1, 0.15) is 55.5 Å². The molecule has 1 fully saturated rings. The summed E-state index contributed by atoms with van der Waals surface area (Å²) < 4.78 is 5.44. The van der Waals surface area contributed by atoms with E-state index in [0.29, 0.717) is 29.6 Å². The molecule has 1 aliphatic heterocycles. The molecule has 1 aliphatic rings. The number of methoxy groups -OCH3 is 1. The third-order valence-corrected chi connectivity index (χ3v) is 7.60. The fraction of sp³-hybridized carbons (Fsp3) is 0.484. The minimum absolute atomic E-state index is 0.0872. The van der Waals surface area contributed by atoms with Gasteiger partial charge in [-0.25, -0.2) is 0 Å². The second kappa shape index (κ2) is 15.6. The molecule has 1 heterocycles.